The van der Waals surface area contributed by atoms with Crippen molar-refractivity contribution in [3.63, 3.8) is 0 Å². The lowest BCUT2D eigenvalue weighted by Crippen LogP contribution is -2.29. The van der Waals surface area contributed by atoms with Gasteiger partial charge in [0.2, 0.25) is 0 Å². The highest BCUT2D eigenvalue weighted by molar-refractivity contribution is 7.47. The number of aliphatic hydroxyl groups is 2. The molecule has 0 bridgehead atoms. The van der Waals surface area contributed by atoms with Gasteiger partial charge in [-0.05, 0) is 38.5 Å². The van der Waals surface area contributed by atoms with E-state index in [1.54, 1.807) is 0 Å². The number of aliphatic hydroxyl groups excluding tert-OH is 2. The van der Waals surface area contributed by atoms with Crippen molar-refractivity contribution in [3.05, 3.63) is 12.2 Å². The van der Waals surface area contributed by atoms with Gasteiger partial charge >= 0.3 is 19.8 Å². The number of unbranched alkanes of at least 4 members (excludes halogenated alkanes) is 27. The van der Waals surface area contributed by atoms with Crippen LogP contribution in [0.5, 0.6) is 0 Å². The first-order valence-corrected chi connectivity index (χ1v) is 24.1. The molecule has 0 saturated carbocycles. The monoisotopic (exact) mass is 805 g/mol. The summed E-state index contributed by atoms with van der Waals surface area (Å²) in [4.78, 5) is 35.0. The molecule has 3 atom stereocenters. The van der Waals surface area contributed by atoms with Crippen LogP contribution < -0.4 is 0 Å². The zero-order valence-corrected chi connectivity index (χ0v) is 36.3. The van der Waals surface area contributed by atoms with Gasteiger partial charge in [-0.15, -0.1) is 0 Å². The van der Waals surface area contributed by atoms with Gasteiger partial charge in [-0.25, -0.2) is 4.57 Å². The summed E-state index contributed by atoms with van der Waals surface area (Å²) in [5.41, 5.74) is 0. The summed E-state index contributed by atoms with van der Waals surface area (Å²) in [7, 11) is -4.62. The molecule has 10 nitrogen and oxygen atoms in total. The highest BCUT2D eigenvalue weighted by atomic mass is 31.2. The second-order valence-corrected chi connectivity index (χ2v) is 16.9. The second-order valence-electron chi connectivity index (χ2n) is 15.4. The molecule has 0 aliphatic carbocycles. The van der Waals surface area contributed by atoms with E-state index in [9.17, 15) is 24.2 Å². The third-order valence-corrected chi connectivity index (χ3v) is 10.9. The van der Waals surface area contributed by atoms with Gasteiger partial charge in [0.05, 0.1) is 19.8 Å². The lowest BCUT2D eigenvalue weighted by atomic mass is 10.0. The van der Waals surface area contributed by atoms with Crippen LogP contribution in [-0.4, -0.2) is 65.7 Å². The van der Waals surface area contributed by atoms with Crippen LogP contribution in [0.1, 0.15) is 219 Å². The molecule has 0 aliphatic rings. The fraction of sp³-hybridized carbons (Fsp3) is 0.909. The number of phosphoric ester groups is 1. The molecule has 0 aliphatic heterocycles. The van der Waals surface area contributed by atoms with E-state index in [1.807, 2.05) is 0 Å². The van der Waals surface area contributed by atoms with Gasteiger partial charge < -0.3 is 24.6 Å². The Morgan fingerprint density at radius 1 is 0.527 bits per heavy atom. The molecule has 55 heavy (non-hydrogen) atoms. The van der Waals surface area contributed by atoms with Crippen molar-refractivity contribution < 1.29 is 47.8 Å². The number of hydrogen-bond acceptors (Lipinski definition) is 9. The Morgan fingerprint density at radius 2 is 0.891 bits per heavy atom. The van der Waals surface area contributed by atoms with Crippen molar-refractivity contribution in [2.75, 3.05) is 26.4 Å². The molecule has 0 aromatic heterocycles. The molecule has 0 aromatic rings. The van der Waals surface area contributed by atoms with Crippen molar-refractivity contribution in [3.8, 4) is 0 Å². The van der Waals surface area contributed by atoms with E-state index in [-0.39, 0.29) is 19.4 Å². The van der Waals surface area contributed by atoms with E-state index >= 15 is 0 Å². The number of phosphoric acid groups is 1. The summed E-state index contributed by atoms with van der Waals surface area (Å²) in [5.74, 6) is -0.938. The number of ether oxygens (including phenoxy) is 2. The maximum absolute atomic E-state index is 12.6. The van der Waals surface area contributed by atoms with Crippen LogP contribution in [0.3, 0.4) is 0 Å². The van der Waals surface area contributed by atoms with Gasteiger partial charge in [-0.2, -0.15) is 0 Å². The van der Waals surface area contributed by atoms with Crippen molar-refractivity contribution >= 4 is 19.8 Å². The minimum absolute atomic E-state index is 0.186. The number of carbonyl (C=O) groups excluding carboxylic acids is 2. The second kappa shape index (κ2) is 40.9. The Balaban J connectivity index is 4.26. The minimum Gasteiger partial charge on any atom is -0.462 e. The fourth-order valence-corrected chi connectivity index (χ4v) is 7.19. The first-order chi connectivity index (χ1) is 26.7. The van der Waals surface area contributed by atoms with Crippen LogP contribution in [0.4, 0.5) is 0 Å². The highest BCUT2D eigenvalue weighted by Gasteiger charge is 2.27. The number of hydrogen-bond donors (Lipinski definition) is 3. The van der Waals surface area contributed by atoms with Gasteiger partial charge in [0.15, 0.2) is 6.10 Å². The molecular formula is C44H85O10P. The molecule has 0 heterocycles. The van der Waals surface area contributed by atoms with Crippen molar-refractivity contribution in [2.24, 2.45) is 0 Å². The zero-order chi connectivity index (χ0) is 40.5. The summed E-state index contributed by atoms with van der Waals surface area (Å²) >= 11 is 0. The topological polar surface area (TPSA) is 149 Å². The lowest BCUT2D eigenvalue weighted by molar-refractivity contribution is -0.161. The Hall–Kier alpha value is -1.29. The van der Waals surface area contributed by atoms with Crippen molar-refractivity contribution in [1.82, 2.24) is 0 Å². The standard InChI is InChI=1S/C44H85O10P/c1-3-5-7-9-11-13-15-17-19-20-22-24-26-28-30-32-34-36-44(48)54-42(40-53-55(49,50)52-38-41(46)37-45)39-51-43(47)35-33-31-29-27-25-23-21-18-16-14-12-10-8-6-4-2/h25,27,41-42,45-46H,3-24,26,28-40H2,1-2H3,(H,49,50)/b27-25+/t41-,42+/m0/s1. The van der Waals surface area contributed by atoms with Gasteiger partial charge in [-0.3, -0.25) is 18.6 Å². The largest absolute Gasteiger partial charge is 0.472 e. The van der Waals surface area contributed by atoms with Crippen LogP contribution in [0.2, 0.25) is 0 Å². The summed E-state index contributed by atoms with van der Waals surface area (Å²) in [5, 5.41) is 18.3. The predicted octanol–water partition coefficient (Wildman–Crippen LogP) is 12.0. The van der Waals surface area contributed by atoms with Crippen LogP contribution in [0.15, 0.2) is 12.2 Å². The summed E-state index contributed by atoms with van der Waals surface area (Å²) in [6.45, 7) is 2.39. The average molecular weight is 805 g/mol. The molecule has 0 fully saturated rings. The van der Waals surface area contributed by atoms with E-state index < -0.39 is 51.8 Å². The summed E-state index contributed by atoms with van der Waals surface area (Å²) in [6, 6.07) is 0. The molecule has 3 N–H and O–H groups in total. The fourth-order valence-electron chi connectivity index (χ4n) is 6.40. The number of allylic oxidation sites excluding steroid dienone is 2. The Morgan fingerprint density at radius 3 is 1.35 bits per heavy atom. The predicted molar refractivity (Wildman–Crippen MR) is 224 cm³/mol. The van der Waals surface area contributed by atoms with Gasteiger partial charge in [0.1, 0.15) is 12.7 Å². The number of esters is 2. The number of carbonyl (C=O) groups is 2. The van der Waals surface area contributed by atoms with Crippen LogP contribution >= 0.6 is 7.82 Å². The zero-order valence-electron chi connectivity index (χ0n) is 35.4. The van der Waals surface area contributed by atoms with E-state index in [4.69, 9.17) is 23.6 Å². The SMILES string of the molecule is CCCCCCCCCCC/C=C/CCCCC(=O)OC[C@H](COP(=O)(O)OC[C@@H](O)CO)OC(=O)CCCCCCCCCCCCCCCCCCC. The van der Waals surface area contributed by atoms with Gasteiger partial charge in [0, 0.05) is 12.8 Å². The molecule has 0 rings (SSSR count). The van der Waals surface area contributed by atoms with E-state index in [1.165, 1.54) is 141 Å². The van der Waals surface area contributed by atoms with Crippen LogP contribution in [0.25, 0.3) is 0 Å². The molecule has 0 aromatic carbocycles. The maximum Gasteiger partial charge on any atom is 0.472 e. The van der Waals surface area contributed by atoms with Crippen LogP contribution in [-0.2, 0) is 32.7 Å². The first kappa shape index (κ1) is 53.7. The Bertz CT molecular complexity index is 930. The van der Waals surface area contributed by atoms with Crippen molar-refractivity contribution in [1.29, 1.82) is 0 Å². The smallest absolute Gasteiger partial charge is 0.462 e. The molecule has 11 heteroatoms. The summed E-state index contributed by atoms with van der Waals surface area (Å²) < 4.78 is 32.7. The Kier molecular flexibility index (Phi) is 39.9. The van der Waals surface area contributed by atoms with Crippen LogP contribution in [0, 0.1) is 0 Å². The molecule has 0 radical (unpaired) electrons. The van der Waals surface area contributed by atoms with E-state index in [0.717, 1.165) is 38.5 Å². The molecule has 0 saturated heterocycles. The minimum atomic E-state index is -4.62. The van der Waals surface area contributed by atoms with Gasteiger partial charge in [0.25, 0.3) is 0 Å². The lowest BCUT2D eigenvalue weighted by Gasteiger charge is -2.20. The van der Waals surface area contributed by atoms with E-state index in [2.05, 4.69) is 26.0 Å². The first-order valence-electron chi connectivity index (χ1n) is 22.6. The number of rotatable bonds is 43. The normalized spacial score (nSPS) is 13.9. The van der Waals surface area contributed by atoms with E-state index in [0.29, 0.717) is 12.8 Å². The maximum atomic E-state index is 12.6. The molecule has 0 spiro atoms. The third-order valence-electron chi connectivity index (χ3n) is 9.92. The molecule has 1 unspecified atom stereocenters. The molecule has 0 amide bonds. The molecular weight excluding hydrogens is 719 g/mol. The Labute approximate surface area is 336 Å². The molecule has 326 valence electrons. The highest BCUT2D eigenvalue weighted by Crippen LogP contribution is 2.43. The van der Waals surface area contributed by atoms with Crippen molar-refractivity contribution in [2.45, 2.75) is 232 Å². The summed E-state index contributed by atoms with van der Waals surface area (Å²) in [6.07, 6.45) is 38.9. The third kappa shape index (κ3) is 40.7. The quantitative estimate of drug-likeness (QED) is 0.0235. The average Bonchev–Trinajstić information content (AvgIpc) is 3.17. The van der Waals surface area contributed by atoms with Gasteiger partial charge in [-0.1, -0.05) is 180 Å².